The van der Waals surface area contributed by atoms with Crippen LogP contribution in [0.3, 0.4) is 0 Å². The van der Waals surface area contributed by atoms with Crippen LogP contribution in [0.25, 0.3) is 16.9 Å². The molecule has 122 valence electrons. The highest BCUT2D eigenvalue weighted by Crippen LogP contribution is 2.23. The van der Waals surface area contributed by atoms with Gasteiger partial charge < -0.3 is 9.72 Å². The number of imidazole rings is 1. The number of amides is 1. The van der Waals surface area contributed by atoms with Gasteiger partial charge in [0, 0.05) is 29.2 Å². The molecule has 0 saturated heterocycles. The quantitative estimate of drug-likeness (QED) is 0.599. The molecular formula is C21H17N3O. The zero-order valence-electron chi connectivity index (χ0n) is 13.8. The molecule has 1 amide bonds. The Morgan fingerprint density at radius 1 is 1.00 bits per heavy atom. The third-order valence-electron chi connectivity index (χ3n) is 4.06. The third kappa shape index (κ3) is 3.15. The molecule has 0 atom stereocenters. The number of hydrogen-bond acceptors (Lipinski definition) is 2. The average molecular weight is 327 g/mol. The van der Waals surface area contributed by atoms with Gasteiger partial charge in [-0.3, -0.25) is 4.79 Å². The summed E-state index contributed by atoms with van der Waals surface area (Å²) in [5, 5.41) is 2.96. The minimum atomic E-state index is -0.115. The van der Waals surface area contributed by atoms with Crippen molar-refractivity contribution in [1.82, 2.24) is 9.38 Å². The zero-order chi connectivity index (χ0) is 17.2. The maximum atomic E-state index is 12.4. The Hall–Kier alpha value is -3.40. The minimum absolute atomic E-state index is 0.115. The first-order valence-corrected chi connectivity index (χ1v) is 8.11. The predicted octanol–water partition coefficient (Wildman–Crippen LogP) is 4.56. The van der Waals surface area contributed by atoms with Crippen LogP contribution in [-0.4, -0.2) is 15.3 Å². The predicted molar refractivity (Wildman–Crippen MR) is 99.8 cm³/mol. The minimum Gasteiger partial charge on any atom is -0.322 e. The fourth-order valence-corrected chi connectivity index (χ4v) is 2.82. The summed E-state index contributed by atoms with van der Waals surface area (Å²) in [4.78, 5) is 17.0. The zero-order valence-corrected chi connectivity index (χ0v) is 13.8. The molecule has 0 aliphatic rings. The lowest BCUT2D eigenvalue weighted by molar-refractivity contribution is 0.102. The Kier molecular flexibility index (Phi) is 3.78. The van der Waals surface area contributed by atoms with Crippen molar-refractivity contribution in [3.8, 4) is 11.3 Å². The molecule has 0 aliphatic heterocycles. The van der Waals surface area contributed by atoms with Gasteiger partial charge in [0.2, 0.25) is 0 Å². The van der Waals surface area contributed by atoms with E-state index in [-0.39, 0.29) is 5.91 Å². The van der Waals surface area contributed by atoms with Crippen molar-refractivity contribution in [2.24, 2.45) is 0 Å². The van der Waals surface area contributed by atoms with E-state index < -0.39 is 0 Å². The van der Waals surface area contributed by atoms with Gasteiger partial charge in [-0.1, -0.05) is 35.9 Å². The molecule has 4 rings (SSSR count). The summed E-state index contributed by atoms with van der Waals surface area (Å²) in [7, 11) is 0. The molecule has 0 saturated carbocycles. The van der Waals surface area contributed by atoms with E-state index in [0.29, 0.717) is 5.56 Å². The first-order valence-electron chi connectivity index (χ1n) is 8.11. The second-order valence-corrected chi connectivity index (χ2v) is 6.00. The fourth-order valence-electron chi connectivity index (χ4n) is 2.82. The van der Waals surface area contributed by atoms with E-state index in [0.717, 1.165) is 28.2 Å². The second kappa shape index (κ2) is 6.24. The standard InChI is InChI=1S/C21H17N3O/c1-15-6-4-8-17(12-15)21(25)22-18-9-5-7-16(13-18)19-14-24-11-3-2-10-20(24)23-19/h2-14H,1H3,(H,22,25). The Morgan fingerprint density at radius 2 is 1.88 bits per heavy atom. The van der Waals surface area contributed by atoms with Gasteiger partial charge in [0.15, 0.2) is 0 Å². The number of rotatable bonds is 3. The molecule has 2 heterocycles. The third-order valence-corrected chi connectivity index (χ3v) is 4.06. The number of benzene rings is 2. The van der Waals surface area contributed by atoms with E-state index in [1.54, 1.807) is 0 Å². The van der Waals surface area contributed by atoms with Crippen molar-refractivity contribution in [2.75, 3.05) is 5.32 Å². The number of fused-ring (bicyclic) bond motifs is 1. The summed E-state index contributed by atoms with van der Waals surface area (Å²) in [6.07, 6.45) is 3.95. The smallest absolute Gasteiger partial charge is 0.255 e. The number of nitrogens with zero attached hydrogens (tertiary/aromatic N) is 2. The average Bonchev–Trinajstić information content (AvgIpc) is 3.06. The van der Waals surface area contributed by atoms with Crippen LogP contribution in [0.2, 0.25) is 0 Å². The Labute approximate surface area is 145 Å². The van der Waals surface area contributed by atoms with Crippen molar-refractivity contribution < 1.29 is 4.79 Å². The summed E-state index contributed by atoms with van der Waals surface area (Å²) in [5.74, 6) is -0.115. The van der Waals surface area contributed by atoms with Gasteiger partial charge in [0.25, 0.3) is 5.91 Å². The normalized spacial score (nSPS) is 10.8. The Balaban J connectivity index is 1.62. The van der Waals surface area contributed by atoms with E-state index in [1.165, 1.54) is 0 Å². The molecule has 0 spiro atoms. The number of hydrogen-bond donors (Lipinski definition) is 1. The van der Waals surface area contributed by atoms with Crippen LogP contribution in [-0.2, 0) is 0 Å². The van der Waals surface area contributed by atoms with Gasteiger partial charge in [-0.25, -0.2) is 4.98 Å². The molecule has 0 unspecified atom stereocenters. The van der Waals surface area contributed by atoms with Crippen molar-refractivity contribution >= 4 is 17.2 Å². The summed E-state index contributed by atoms with van der Waals surface area (Å²) >= 11 is 0. The van der Waals surface area contributed by atoms with Gasteiger partial charge in [-0.05, 0) is 43.3 Å². The molecule has 1 N–H and O–H groups in total. The molecule has 0 radical (unpaired) electrons. The monoisotopic (exact) mass is 327 g/mol. The maximum absolute atomic E-state index is 12.4. The summed E-state index contributed by atoms with van der Waals surface area (Å²) in [6, 6.07) is 21.2. The number of pyridine rings is 1. The number of aromatic nitrogens is 2. The molecule has 4 aromatic rings. The van der Waals surface area contributed by atoms with Crippen molar-refractivity contribution in [1.29, 1.82) is 0 Å². The topological polar surface area (TPSA) is 46.4 Å². The van der Waals surface area contributed by atoms with Crippen LogP contribution >= 0.6 is 0 Å². The number of anilines is 1. The van der Waals surface area contributed by atoms with Gasteiger partial charge in [0.05, 0.1) is 5.69 Å². The Bertz CT molecular complexity index is 1030. The van der Waals surface area contributed by atoms with Gasteiger partial charge >= 0.3 is 0 Å². The highest BCUT2D eigenvalue weighted by molar-refractivity contribution is 6.04. The number of carbonyl (C=O) groups excluding carboxylic acids is 1. The van der Waals surface area contributed by atoms with Crippen LogP contribution in [0.1, 0.15) is 15.9 Å². The number of aryl methyl sites for hydroxylation is 1. The van der Waals surface area contributed by atoms with Crippen LogP contribution in [0.5, 0.6) is 0 Å². The number of carbonyl (C=O) groups is 1. The van der Waals surface area contributed by atoms with E-state index in [1.807, 2.05) is 90.4 Å². The lowest BCUT2D eigenvalue weighted by atomic mass is 10.1. The first kappa shape index (κ1) is 15.1. The molecular weight excluding hydrogens is 310 g/mol. The van der Waals surface area contributed by atoms with Crippen molar-refractivity contribution in [2.45, 2.75) is 6.92 Å². The molecule has 2 aromatic carbocycles. The van der Waals surface area contributed by atoms with Crippen LogP contribution < -0.4 is 5.32 Å². The summed E-state index contributed by atoms with van der Waals surface area (Å²) in [6.45, 7) is 1.97. The first-order chi connectivity index (χ1) is 12.2. The summed E-state index contributed by atoms with van der Waals surface area (Å²) < 4.78 is 1.98. The molecule has 4 heteroatoms. The molecule has 0 bridgehead atoms. The van der Waals surface area contributed by atoms with Crippen LogP contribution in [0, 0.1) is 6.92 Å². The van der Waals surface area contributed by atoms with Crippen LogP contribution in [0.4, 0.5) is 5.69 Å². The van der Waals surface area contributed by atoms with E-state index >= 15 is 0 Å². The van der Waals surface area contributed by atoms with E-state index in [4.69, 9.17) is 0 Å². The molecule has 4 nitrogen and oxygen atoms in total. The SMILES string of the molecule is Cc1cccc(C(=O)Nc2cccc(-c3cn4ccccc4n3)c2)c1. The molecule has 25 heavy (non-hydrogen) atoms. The van der Waals surface area contributed by atoms with Crippen LogP contribution in [0.15, 0.2) is 79.1 Å². The lowest BCUT2D eigenvalue weighted by Gasteiger charge is -2.07. The Morgan fingerprint density at radius 3 is 2.72 bits per heavy atom. The maximum Gasteiger partial charge on any atom is 0.255 e. The largest absolute Gasteiger partial charge is 0.322 e. The van der Waals surface area contributed by atoms with Crippen molar-refractivity contribution in [3.05, 3.63) is 90.3 Å². The van der Waals surface area contributed by atoms with E-state index in [9.17, 15) is 4.79 Å². The molecule has 2 aromatic heterocycles. The summed E-state index contributed by atoms with van der Waals surface area (Å²) in [5.41, 5.74) is 5.19. The lowest BCUT2D eigenvalue weighted by Crippen LogP contribution is -2.11. The van der Waals surface area contributed by atoms with E-state index in [2.05, 4.69) is 10.3 Å². The molecule has 0 fully saturated rings. The van der Waals surface area contributed by atoms with Gasteiger partial charge in [-0.2, -0.15) is 0 Å². The molecule has 0 aliphatic carbocycles. The fraction of sp³-hybridized carbons (Fsp3) is 0.0476. The number of nitrogens with one attached hydrogen (secondary N) is 1. The second-order valence-electron chi connectivity index (χ2n) is 6.00. The highest BCUT2D eigenvalue weighted by Gasteiger charge is 2.08. The highest BCUT2D eigenvalue weighted by atomic mass is 16.1. The van der Waals surface area contributed by atoms with Crippen molar-refractivity contribution in [3.63, 3.8) is 0 Å². The van der Waals surface area contributed by atoms with Gasteiger partial charge in [-0.15, -0.1) is 0 Å². The van der Waals surface area contributed by atoms with Gasteiger partial charge in [0.1, 0.15) is 5.65 Å².